The molecular formula is C13H12ClN3O2S. The molecule has 0 radical (unpaired) electrons. The summed E-state index contributed by atoms with van der Waals surface area (Å²) in [6.45, 7) is 0. The van der Waals surface area contributed by atoms with Gasteiger partial charge >= 0.3 is 0 Å². The van der Waals surface area contributed by atoms with Crippen LogP contribution in [0.3, 0.4) is 0 Å². The summed E-state index contributed by atoms with van der Waals surface area (Å²) in [5.74, 6) is 0.762. The highest BCUT2D eigenvalue weighted by atomic mass is 35.5. The molecule has 0 aliphatic heterocycles. The molecule has 0 fully saturated rings. The van der Waals surface area contributed by atoms with Crippen LogP contribution in [-0.2, 0) is 16.4 Å². The van der Waals surface area contributed by atoms with E-state index in [1.54, 1.807) is 36.8 Å². The summed E-state index contributed by atoms with van der Waals surface area (Å²) in [7, 11) is -3.38. The molecule has 0 aliphatic carbocycles. The molecule has 3 rings (SSSR count). The molecule has 20 heavy (non-hydrogen) atoms. The van der Waals surface area contributed by atoms with Crippen molar-refractivity contribution >= 4 is 32.5 Å². The standard InChI is InChI=1S/C13H12ClN3O2S/c1-20(18,19)17-8-9(7-12-15-5-6-16-12)13-10(14)3-2-4-11(13)17/h2-6,8H,7H2,1H3,(H,15,16). The van der Waals surface area contributed by atoms with E-state index in [2.05, 4.69) is 9.97 Å². The van der Waals surface area contributed by atoms with Gasteiger partial charge in [-0.2, -0.15) is 0 Å². The van der Waals surface area contributed by atoms with Gasteiger partial charge in [0.15, 0.2) is 0 Å². The summed E-state index contributed by atoms with van der Waals surface area (Å²) in [6, 6.07) is 5.24. The summed E-state index contributed by atoms with van der Waals surface area (Å²) in [5.41, 5.74) is 1.41. The molecule has 0 aliphatic rings. The van der Waals surface area contributed by atoms with Crippen molar-refractivity contribution in [2.24, 2.45) is 0 Å². The van der Waals surface area contributed by atoms with Crippen LogP contribution in [0, 0.1) is 0 Å². The topological polar surface area (TPSA) is 67.8 Å². The number of hydrogen-bond acceptors (Lipinski definition) is 3. The van der Waals surface area contributed by atoms with Gasteiger partial charge in [-0.15, -0.1) is 0 Å². The second-order valence-electron chi connectivity index (χ2n) is 4.56. The van der Waals surface area contributed by atoms with Crippen LogP contribution in [0.4, 0.5) is 0 Å². The molecule has 0 unspecified atom stereocenters. The number of fused-ring (bicyclic) bond motifs is 1. The summed E-state index contributed by atoms with van der Waals surface area (Å²) < 4.78 is 25.0. The summed E-state index contributed by atoms with van der Waals surface area (Å²) in [5, 5.41) is 1.28. The first kappa shape index (κ1) is 13.2. The zero-order chi connectivity index (χ0) is 14.3. The molecule has 1 N–H and O–H groups in total. The second kappa shape index (κ2) is 4.64. The van der Waals surface area contributed by atoms with E-state index in [1.807, 2.05) is 0 Å². The van der Waals surface area contributed by atoms with Crippen molar-refractivity contribution in [3.8, 4) is 0 Å². The van der Waals surface area contributed by atoms with Gasteiger partial charge in [-0.05, 0) is 17.7 Å². The number of rotatable bonds is 3. The largest absolute Gasteiger partial charge is 0.348 e. The quantitative estimate of drug-likeness (QED) is 0.808. The van der Waals surface area contributed by atoms with Crippen molar-refractivity contribution in [3.63, 3.8) is 0 Å². The SMILES string of the molecule is CS(=O)(=O)n1cc(Cc2ncc[nH]2)c2c(Cl)cccc21. The average Bonchev–Trinajstić information content (AvgIpc) is 2.97. The fraction of sp³-hybridized carbons (Fsp3) is 0.154. The molecule has 2 aromatic heterocycles. The highest BCUT2D eigenvalue weighted by molar-refractivity contribution is 7.89. The Bertz CT molecular complexity index is 867. The normalized spacial score (nSPS) is 12.1. The number of nitrogens with zero attached hydrogens (tertiary/aromatic N) is 2. The van der Waals surface area contributed by atoms with Crippen LogP contribution in [0.1, 0.15) is 11.4 Å². The predicted molar refractivity (Wildman–Crippen MR) is 78.6 cm³/mol. The molecule has 0 spiro atoms. The Morgan fingerprint density at radius 1 is 1.40 bits per heavy atom. The molecule has 7 heteroatoms. The molecule has 0 atom stereocenters. The Morgan fingerprint density at radius 2 is 2.20 bits per heavy atom. The van der Waals surface area contributed by atoms with E-state index >= 15 is 0 Å². The molecule has 0 bridgehead atoms. The summed E-state index contributed by atoms with van der Waals surface area (Å²) in [6.07, 6.45) is 6.66. The van der Waals surface area contributed by atoms with Crippen LogP contribution in [0.5, 0.6) is 0 Å². The fourth-order valence-electron chi connectivity index (χ4n) is 2.27. The van der Waals surface area contributed by atoms with Gasteiger partial charge in [0.25, 0.3) is 0 Å². The van der Waals surface area contributed by atoms with Crippen LogP contribution in [-0.4, -0.2) is 28.6 Å². The number of nitrogens with one attached hydrogen (secondary N) is 1. The number of hydrogen-bond donors (Lipinski definition) is 1. The van der Waals surface area contributed by atoms with E-state index in [4.69, 9.17) is 11.6 Å². The molecule has 3 aromatic rings. The maximum absolute atomic E-state index is 11.9. The van der Waals surface area contributed by atoms with Crippen molar-refractivity contribution < 1.29 is 8.42 Å². The second-order valence-corrected chi connectivity index (χ2v) is 6.83. The number of halogens is 1. The lowest BCUT2D eigenvalue weighted by molar-refractivity contribution is 0.595. The lowest BCUT2D eigenvalue weighted by Gasteiger charge is -2.01. The molecule has 104 valence electrons. The van der Waals surface area contributed by atoms with Crippen LogP contribution >= 0.6 is 11.6 Å². The Balaban J connectivity index is 2.27. The number of benzene rings is 1. The van der Waals surface area contributed by atoms with Gasteiger partial charge in [-0.3, -0.25) is 0 Å². The molecular weight excluding hydrogens is 298 g/mol. The van der Waals surface area contributed by atoms with E-state index in [-0.39, 0.29) is 0 Å². The van der Waals surface area contributed by atoms with E-state index in [9.17, 15) is 8.42 Å². The highest BCUT2D eigenvalue weighted by Crippen LogP contribution is 2.30. The lowest BCUT2D eigenvalue weighted by Crippen LogP contribution is -2.08. The van der Waals surface area contributed by atoms with Gasteiger partial charge < -0.3 is 4.98 Å². The smallest absolute Gasteiger partial charge is 0.236 e. The monoisotopic (exact) mass is 309 g/mol. The van der Waals surface area contributed by atoms with Crippen LogP contribution < -0.4 is 0 Å². The summed E-state index contributed by atoms with van der Waals surface area (Å²) >= 11 is 6.23. The van der Waals surface area contributed by atoms with Gasteiger partial charge in [0.2, 0.25) is 10.0 Å². The Kier molecular flexibility index (Phi) is 3.07. The Labute approximate surface area is 121 Å². The van der Waals surface area contributed by atoms with Gasteiger partial charge in [-0.1, -0.05) is 17.7 Å². The summed E-state index contributed by atoms with van der Waals surface area (Å²) in [4.78, 5) is 7.17. The highest BCUT2D eigenvalue weighted by Gasteiger charge is 2.17. The van der Waals surface area contributed by atoms with E-state index in [1.165, 1.54) is 10.2 Å². The van der Waals surface area contributed by atoms with Gasteiger partial charge in [-0.25, -0.2) is 17.4 Å². The number of H-pyrrole nitrogens is 1. The first-order valence-electron chi connectivity index (χ1n) is 5.94. The zero-order valence-electron chi connectivity index (χ0n) is 10.7. The third-order valence-electron chi connectivity index (χ3n) is 3.09. The van der Waals surface area contributed by atoms with Gasteiger partial charge in [0, 0.05) is 30.4 Å². The minimum absolute atomic E-state index is 0.496. The number of aromatic amines is 1. The first-order valence-corrected chi connectivity index (χ1v) is 8.16. The van der Waals surface area contributed by atoms with Gasteiger partial charge in [0.1, 0.15) is 5.82 Å². The maximum Gasteiger partial charge on any atom is 0.236 e. The van der Waals surface area contributed by atoms with Crippen molar-refractivity contribution in [1.82, 2.24) is 13.9 Å². The van der Waals surface area contributed by atoms with Gasteiger partial charge in [0.05, 0.1) is 16.8 Å². The van der Waals surface area contributed by atoms with Crippen molar-refractivity contribution in [3.05, 3.63) is 53.2 Å². The van der Waals surface area contributed by atoms with Crippen molar-refractivity contribution in [2.45, 2.75) is 6.42 Å². The molecule has 0 saturated heterocycles. The maximum atomic E-state index is 11.9. The average molecular weight is 310 g/mol. The number of aromatic nitrogens is 3. The third-order valence-corrected chi connectivity index (χ3v) is 4.42. The van der Waals surface area contributed by atoms with Crippen LogP contribution in [0.25, 0.3) is 10.9 Å². The van der Waals surface area contributed by atoms with Crippen molar-refractivity contribution in [1.29, 1.82) is 0 Å². The van der Waals surface area contributed by atoms with Crippen LogP contribution in [0.15, 0.2) is 36.8 Å². The minimum Gasteiger partial charge on any atom is -0.348 e. The van der Waals surface area contributed by atoms with E-state index in [0.717, 1.165) is 16.8 Å². The molecule has 0 saturated carbocycles. The zero-order valence-corrected chi connectivity index (χ0v) is 12.2. The molecule has 2 heterocycles. The molecule has 0 amide bonds. The molecule has 5 nitrogen and oxygen atoms in total. The molecule has 1 aromatic carbocycles. The van der Waals surface area contributed by atoms with Crippen LogP contribution in [0.2, 0.25) is 5.02 Å². The number of imidazole rings is 1. The Hall–Kier alpha value is -1.79. The minimum atomic E-state index is -3.38. The van der Waals surface area contributed by atoms with E-state index in [0.29, 0.717) is 17.0 Å². The van der Waals surface area contributed by atoms with E-state index < -0.39 is 10.0 Å². The fourth-order valence-corrected chi connectivity index (χ4v) is 3.39. The Morgan fingerprint density at radius 3 is 2.85 bits per heavy atom. The van der Waals surface area contributed by atoms with Crippen molar-refractivity contribution in [2.75, 3.05) is 6.26 Å². The third kappa shape index (κ3) is 2.21. The predicted octanol–water partition coefficient (Wildman–Crippen LogP) is 2.42. The first-order chi connectivity index (χ1) is 9.47. The lowest BCUT2D eigenvalue weighted by atomic mass is 10.1.